The van der Waals surface area contributed by atoms with Crippen molar-refractivity contribution in [2.45, 2.75) is 33.2 Å². The lowest BCUT2D eigenvalue weighted by atomic mass is 9.99. The highest BCUT2D eigenvalue weighted by atomic mass is 16.4. The zero-order chi connectivity index (χ0) is 14.7. The summed E-state index contributed by atoms with van der Waals surface area (Å²) in [6.07, 6.45) is 1.33. The van der Waals surface area contributed by atoms with Crippen LogP contribution in [0.3, 0.4) is 0 Å². The van der Waals surface area contributed by atoms with E-state index in [1.165, 1.54) is 4.90 Å². The largest absolute Gasteiger partial charge is 0.481 e. The van der Waals surface area contributed by atoms with Crippen LogP contribution in [0.1, 0.15) is 30.2 Å². The molecule has 1 atom stereocenters. The molecule has 0 spiro atoms. The SMILES string of the molecule is Cc1nc(CNC(=O)N2CCCC(C(=O)O)C2)oc1C. The molecule has 1 saturated heterocycles. The molecule has 7 nitrogen and oxygen atoms in total. The molecule has 0 radical (unpaired) electrons. The number of amides is 2. The molecule has 2 heterocycles. The average molecular weight is 281 g/mol. The Bertz CT molecular complexity index is 492. The van der Waals surface area contributed by atoms with Crippen molar-refractivity contribution in [2.24, 2.45) is 5.92 Å². The maximum Gasteiger partial charge on any atom is 0.317 e. The molecule has 1 aromatic rings. The first-order valence-electron chi connectivity index (χ1n) is 6.66. The van der Waals surface area contributed by atoms with Crippen LogP contribution in [-0.4, -0.2) is 40.1 Å². The van der Waals surface area contributed by atoms with Crippen molar-refractivity contribution < 1.29 is 19.1 Å². The number of nitrogens with one attached hydrogen (secondary N) is 1. The number of piperidine rings is 1. The number of hydrogen-bond acceptors (Lipinski definition) is 4. The lowest BCUT2D eigenvalue weighted by Gasteiger charge is -2.30. The molecule has 1 aliphatic heterocycles. The molecule has 20 heavy (non-hydrogen) atoms. The molecule has 110 valence electrons. The van der Waals surface area contributed by atoms with Gasteiger partial charge in [0.15, 0.2) is 0 Å². The van der Waals surface area contributed by atoms with Crippen LogP contribution in [0.5, 0.6) is 0 Å². The van der Waals surface area contributed by atoms with Gasteiger partial charge >= 0.3 is 12.0 Å². The summed E-state index contributed by atoms with van der Waals surface area (Å²) in [6.45, 7) is 4.70. The second-order valence-corrected chi connectivity index (χ2v) is 5.03. The van der Waals surface area contributed by atoms with E-state index in [0.717, 1.165) is 11.5 Å². The fraction of sp³-hybridized carbons (Fsp3) is 0.615. The van der Waals surface area contributed by atoms with Crippen LogP contribution in [0, 0.1) is 19.8 Å². The Morgan fingerprint density at radius 1 is 1.50 bits per heavy atom. The molecule has 2 N–H and O–H groups in total. The van der Waals surface area contributed by atoms with Gasteiger partial charge in [-0.15, -0.1) is 0 Å². The van der Waals surface area contributed by atoms with E-state index in [1.807, 2.05) is 13.8 Å². The maximum absolute atomic E-state index is 12.0. The highest BCUT2D eigenvalue weighted by Crippen LogP contribution is 2.16. The van der Waals surface area contributed by atoms with Crippen molar-refractivity contribution in [1.82, 2.24) is 15.2 Å². The maximum atomic E-state index is 12.0. The number of nitrogens with zero attached hydrogens (tertiary/aromatic N) is 2. The summed E-state index contributed by atoms with van der Waals surface area (Å²) in [5.74, 6) is -0.125. The summed E-state index contributed by atoms with van der Waals surface area (Å²) >= 11 is 0. The summed E-state index contributed by atoms with van der Waals surface area (Å²) in [5, 5.41) is 11.7. The molecule has 1 aliphatic rings. The first-order chi connectivity index (χ1) is 9.47. The van der Waals surface area contributed by atoms with E-state index in [9.17, 15) is 9.59 Å². The Balaban J connectivity index is 1.86. The molecule has 0 saturated carbocycles. The third kappa shape index (κ3) is 3.28. The number of rotatable bonds is 3. The number of aromatic nitrogens is 1. The van der Waals surface area contributed by atoms with Crippen molar-refractivity contribution in [3.8, 4) is 0 Å². The van der Waals surface area contributed by atoms with Crippen LogP contribution < -0.4 is 5.32 Å². The van der Waals surface area contributed by atoms with Gasteiger partial charge in [-0.3, -0.25) is 4.79 Å². The topological polar surface area (TPSA) is 95.7 Å². The number of carbonyl (C=O) groups excluding carboxylic acids is 1. The Morgan fingerprint density at radius 2 is 2.25 bits per heavy atom. The van der Waals surface area contributed by atoms with E-state index in [0.29, 0.717) is 25.3 Å². The Labute approximate surface area is 117 Å². The monoisotopic (exact) mass is 281 g/mol. The summed E-state index contributed by atoms with van der Waals surface area (Å²) in [4.78, 5) is 28.7. The highest BCUT2D eigenvalue weighted by molar-refractivity contribution is 5.76. The van der Waals surface area contributed by atoms with Crippen LogP contribution >= 0.6 is 0 Å². The Kier molecular flexibility index (Phi) is 4.26. The molecular formula is C13H19N3O4. The number of oxazole rings is 1. The van der Waals surface area contributed by atoms with E-state index in [-0.39, 0.29) is 19.1 Å². The highest BCUT2D eigenvalue weighted by Gasteiger charge is 2.28. The van der Waals surface area contributed by atoms with Gasteiger partial charge in [0.05, 0.1) is 18.2 Å². The number of aliphatic carboxylic acids is 1. The Hall–Kier alpha value is -2.05. The van der Waals surface area contributed by atoms with Gasteiger partial charge in [0, 0.05) is 13.1 Å². The molecule has 0 aromatic carbocycles. The second-order valence-electron chi connectivity index (χ2n) is 5.03. The molecule has 2 rings (SSSR count). The predicted molar refractivity (Wildman–Crippen MR) is 70.1 cm³/mol. The van der Waals surface area contributed by atoms with Gasteiger partial charge in [-0.05, 0) is 26.7 Å². The number of carbonyl (C=O) groups is 2. The van der Waals surface area contributed by atoms with E-state index in [2.05, 4.69) is 10.3 Å². The van der Waals surface area contributed by atoms with Crippen molar-refractivity contribution in [3.63, 3.8) is 0 Å². The fourth-order valence-electron chi connectivity index (χ4n) is 2.24. The predicted octanol–water partition coefficient (Wildman–Crippen LogP) is 1.30. The lowest BCUT2D eigenvalue weighted by Crippen LogP contribution is -2.46. The van der Waals surface area contributed by atoms with Gasteiger partial charge in [-0.2, -0.15) is 0 Å². The quantitative estimate of drug-likeness (QED) is 0.870. The molecule has 1 fully saturated rings. The summed E-state index contributed by atoms with van der Waals surface area (Å²) < 4.78 is 5.37. The number of carboxylic acids is 1. The lowest BCUT2D eigenvalue weighted by molar-refractivity contribution is -0.143. The molecular weight excluding hydrogens is 262 g/mol. The normalized spacial score (nSPS) is 18.9. The minimum Gasteiger partial charge on any atom is -0.481 e. The Morgan fingerprint density at radius 3 is 2.85 bits per heavy atom. The first-order valence-corrected chi connectivity index (χ1v) is 6.66. The van der Waals surface area contributed by atoms with Crippen molar-refractivity contribution in [3.05, 3.63) is 17.3 Å². The van der Waals surface area contributed by atoms with E-state index < -0.39 is 11.9 Å². The van der Waals surface area contributed by atoms with E-state index in [4.69, 9.17) is 9.52 Å². The van der Waals surface area contributed by atoms with Crippen LogP contribution in [0.15, 0.2) is 4.42 Å². The van der Waals surface area contributed by atoms with Crippen molar-refractivity contribution in [1.29, 1.82) is 0 Å². The molecule has 2 amide bonds. The number of aryl methyl sites for hydroxylation is 2. The summed E-state index contributed by atoms with van der Waals surface area (Å²) in [5.41, 5.74) is 0.804. The van der Waals surface area contributed by atoms with Crippen LogP contribution in [0.2, 0.25) is 0 Å². The standard InChI is InChI=1S/C13H19N3O4/c1-8-9(2)20-11(15-8)6-14-13(19)16-5-3-4-10(7-16)12(17)18/h10H,3-7H2,1-2H3,(H,14,19)(H,17,18). The summed E-state index contributed by atoms with van der Waals surface area (Å²) in [6, 6.07) is -0.274. The van der Waals surface area contributed by atoms with Crippen molar-refractivity contribution >= 4 is 12.0 Å². The minimum atomic E-state index is -0.846. The van der Waals surface area contributed by atoms with E-state index in [1.54, 1.807) is 0 Å². The molecule has 1 unspecified atom stereocenters. The number of urea groups is 1. The minimum absolute atomic E-state index is 0.210. The fourth-order valence-corrected chi connectivity index (χ4v) is 2.24. The van der Waals surface area contributed by atoms with E-state index >= 15 is 0 Å². The molecule has 0 bridgehead atoms. The zero-order valence-electron chi connectivity index (χ0n) is 11.7. The smallest absolute Gasteiger partial charge is 0.317 e. The third-order valence-electron chi connectivity index (χ3n) is 3.52. The van der Waals surface area contributed by atoms with Gasteiger partial charge in [0.1, 0.15) is 5.76 Å². The first kappa shape index (κ1) is 14.4. The van der Waals surface area contributed by atoms with Gasteiger partial charge < -0.3 is 19.7 Å². The molecule has 7 heteroatoms. The van der Waals surface area contributed by atoms with Crippen LogP contribution in [-0.2, 0) is 11.3 Å². The van der Waals surface area contributed by atoms with Crippen molar-refractivity contribution in [2.75, 3.05) is 13.1 Å². The second kappa shape index (κ2) is 5.94. The number of likely N-dealkylation sites (tertiary alicyclic amines) is 1. The average Bonchev–Trinajstić information content (AvgIpc) is 2.75. The number of carboxylic acid groups (broad SMARTS) is 1. The molecule has 0 aliphatic carbocycles. The summed E-state index contributed by atoms with van der Waals surface area (Å²) in [7, 11) is 0. The van der Waals surface area contributed by atoms with Crippen LogP contribution in [0.25, 0.3) is 0 Å². The third-order valence-corrected chi connectivity index (χ3v) is 3.52. The van der Waals surface area contributed by atoms with Crippen LogP contribution in [0.4, 0.5) is 4.79 Å². The van der Waals surface area contributed by atoms with Gasteiger partial charge in [0.25, 0.3) is 0 Å². The molecule has 1 aromatic heterocycles. The number of hydrogen-bond donors (Lipinski definition) is 2. The van der Waals surface area contributed by atoms with Gasteiger partial charge in [0.2, 0.25) is 5.89 Å². The van der Waals surface area contributed by atoms with Gasteiger partial charge in [-0.1, -0.05) is 0 Å². The van der Waals surface area contributed by atoms with Gasteiger partial charge in [-0.25, -0.2) is 9.78 Å². The zero-order valence-corrected chi connectivity index (χ0v) is 11.7.